The molecule has 87 heavy (non-hydrogen) atoms. The molecule has 0 amide bonds. The van der Waals surface area contributed by atoms with Crippen molar-refractivity contribution < 1.29 is 0 Å². The molecule has 9 aromatic carbocycles. The van der Waals surface area contributed by atoms with Gasteiger partial charge < -0.3 is 9.13 Å². The third-order valence-electron chi connectivity index (χ3n) is 18.5. The van der Waals surface area contributed by atoms with Crippen LogP contribution in [0.15, 0.2) is 212 Å². The Morgan fingerprint density at radius 1 is 0.264 bits per heavy atom. The second-order valence-electron chi connectivity index (χ2n) is 28.4. The van der Waals surface area contributed by atoms with Crippen LogP contribution in [0, 0.1) is 6.92 Å². The summed E-state index contributed by atoms with van der Waals surface area (Å²) in [6, 6.07) is 80.0. The number of pyridine rings is 2. The Bertz CT molecular complexity index is 5050. The average molecular weight is 1130 g/mol. The minimum absolute atomic E-state index is 0.0927. The van der Waals surface area contributed by atoms with E-state index in [1.165, 1.54) is 65.3 Å². The molecule has 0 bridgehead atoms. The smallest absolute Gasteiger partial charge is 0.165 e. The van der Waals surface area contributed by atoms with Gasteiger partial charge in [-0.2, -0.15) is 0 Å². The molecule has 0 N–H and O–H groups in total. The van der Waals surface area contributed by atoms with Gasteiger partial charge >= 0.3 is 0 Å². The number of rotatable bonds is 6. The molecule has 0 saturated heterocycles. The first-order valence-corrected chi connectivity index (χ1v) is 30.9. The van der Waals surface area contributed by atoms with E-state index in [0.29, 0.717) is 0 Å². The van der Waals surface area contributed by atoms with Crippen LogP contribution in [0.4, 0.5) is 0 Å². The van der Waals surface area contributed by atoms with E-state index in [-0.39, 0.29) is 21.7 Å². The first-order valence-electron chi connectivity index (χ1n) is 30.9. The van der Waals surface area contributed by atoms with Crippen LogP contribution in [0.25, 0.3) is 133 Å². The molecule has 0 aliphatic carbocycles. The molecule has 0 atom stereocenters. The fourth-order valence-corrected chi connectivity index (χ4v) is 13.8. The molecule has 0 radical (unpaired) electrons. The summed E-state index contributed by atoms with van der Waals surface area (Å²) in [5.41, 5.74) is 20.2. The molecule has 0 fully saturated rings. The van der Waals surface area contributed by atoms with Crippen LogP contribution in [-0.2, 0) is 21.7 Å². The second kappa shape index (κ2) is 19.2. The van der Waals surface area contributed by atoms with Crippen molar-refractivity contribution in [3.8, 4) is 45.4 Å². The van der Waals surface area contributed by atoms with Crippen molar-refractivity contribution in [3.05, 3.63) is 240 Å². The van der Waals surface area contributed by atoms with Crippen LogP contribution in [-0.4, -0.2) is 28.2 Å². The van der Waals surface area contributed by atoms with Crippen molar-refractivity contribution in [2.24, 2.45) is 0 Å². The zero-order valence-corrected chi connectivity index (χ0v) is 52.4. The number of benzene rings is 9. The predicted octanol–water partition coefficient (Wildman–Crippen LogP) is 21.7. The van der Waals surface area contributed by atoms with E-state index in [0.717, 1.165) is 95.2 Å². The van der Waals surface area contributed by atoms with Crippen molar-refractivity contribution in [1.82, 2.24) is 28.2 Å². The maximum absolute atomic E-state index is 6.62. The third-order valence-corrected chi connectivity index (χ3v) is 18.5. The Morgan fingerprint density at radius 2 is 0.563 bits per heavy atom. The lowest BCUT2D eigenvalue weighted by Gasteiger charge is -2.28. The Labute approximate surface area is 510 Å². The number of hydrogen-bond acceptors (Lipinski definition) is 2. The summed E-state index contributed by atoms with van der Waals surface area (Å²) >= 11 is 0. The van der Waals surface area contributed by atoms with E-state index >= 15 is 0 Å². The van der Waals surface area contributed by atoms with Gasteiger partial charge in [0.25, 0.3) is 0 Å². The van der Waals surface area contributed by atoms with Crippen LogP contribution in [0.2, 0.25) is 0 Å². The highest BCUT2D eigenvalue weighted by atomic mass is 15.2. The normalized spacial score (nSPS) is 12.9. The topological polar surface area (TPSA) is 45.5 Å². The van der Waals surface area contributed by atoms with Crippen molar-refractivity contribution in [2.75, 3.05) is 0 Å². The molecule has 0 aliphatic heterocycles. The van der Waals surface area contributed by atoms with Gasteiger partial charge in [0.05, 0.1) is 49.8 Å². The van der Waals surface area contributed by atoms with E-state index in [9.17, 15) is 0 Å². The number of para-hydroxylation sites is 4. The molecule has 6 heteroatoms. The molecule has 0 unspecified atom stereocenters. The summed E-state index contributed by atoms with van der Waals surface area (Å²) in [7, 11) is 0. The fourth-order valence-electron chi connectivity index (χ4n) is 13.8. The van der Waals surface area contributed by atoms with Crippen LogP contribution in [0.1, 0.15) is 111 Å². The van der Waals surface area contributed by atoms with Gasteiger partial charge in [0, 0.05) is 59.9 Å². The summed E-state index contributed by atoms with van der Waals surface area (Å²) in [5, 5.41) is 9.44. The maximum atomic E-state index is 6.62. The minimum Gasteiger partial charge on any atom is -0.305 e. The summed E-state index contributed by atoms with van der Waals surface area (Å²) in [4.78, 5) is 12.0. The van der Waals surface area contributed by atoms with Crippen LogP contribution < -0.4 is 0 Å². The van der Waals surface area contributed by atoms with Gasteiger partial charge in [-0.15, -0.1) is 0 Å². The van der Waals surface area contributed by atoms with Crippen molar-refractivity contribution in [2.45, 2.75) is 112 Å². The monoisotopic (exact) mass is 1130 g/mol. The lowest BCUT2D eigenvalue weighted by molar-refractivity contribution is 0.591. The Balaban J connectivity index is 1.28. The molecule has 6 nitrogen and oxygen atoms in total. The molecule has 0 spiro atoms. The van der Waals surface area contributed by atoms with E-state index < -0.39 is 0 Å². The summed E-state index contributed by atoms with van der Waals surface area (Å²) in [6.45, 7) is 29.9. The van der Waals surface area contributed by atoms with Gasteiger partial charge in [-0.1, -0.05) is 210 Å². The molecule has 6 heterocycles. The lowest BCUT2D eigenvalue weighted by atomic mass is 9.86. The highest BCUT2D eigenvalue weighted by Crippen LogP contribution is 2.51. The van der Waals surface area contributed by atoms with E-state index in [1.54, 1.807) is 0 Å². The third kappa shape index (κ3) is 8.49. The molecule has 15 rings (SSSR count). The molecule has 0 saturated carbocycles. The van der Waals surface area contributed by atoms with E-state index in [1.807, 2.05) is 0 Å². The average Bonchev–Trinajstić information content (AvgIpc) is 1.69. The van der Waals surface area contributed by atoms with E-state index in [2.05, 4.69) is 321 Å². The first kappa shape index (κ1) is 54.2. The van der Waals surface area contributed by atoms with Gasteiger partial charge in [-0.3, -0.25) is 14.1 Å². The van der Waals surface area contributed by atoms with Crippen molar-refractivity contribution in [3.63, 3.8) is 0 Å². The standard InChI is InChI=1S/C81H74N6/c1-49-25-24-32-64(82-49)54-26-14-15-31-59(54)73-74(84-65-33-20-16-27-55(65)60-45-50(78(2,3)4)37-41-69(60)84)76(86-67-35-22-18-29-57(67)62-47-52(80(8,9)10)39-43-71(62)86)83-77(87-68-36-23-19-30-58(68)63-48-53(81(11,12)13)40-44-72(63)87)75(73)85-66-34-21-17-28-56(66)61-46-51(79(5,6)7)38-42-70(61)85/h14-48H,1-13H3. The van der Waals surface area contributed by atoms with Crippen LogP contribution in [0.3, 0.4) is 0 Å². The SMILES string of the molecule is Cc1cccc(-c2ccccc2-c2c(-n3c4ccccc4c4cc(C(C)(C)C)ccc43)c(-n3c4ccccc4c4cc(C(C)(C)C)ccc43)nc(-n3c4ccccc4c4cc(C(C)(C)C)ccc43)c2-n2c3ccccc3c3cc(C(C)(C)C)ccc32)n1. The fraction of sp³-hybridized carbons (Fsp3) is 0.210. The summed E-state index contributed by atoms with van der Waals surface area (Å²) in [6.07, 6.45) is 0. The van der Waals surface area contributed by atoms with Crippen molar-refractivity contribution >= 4 is 87.2 Å². The zero-order valence-electron chi connectivity index (χ0n) is 52.4. The van der Waals surface area contributed by atoms with Gasteiger partial charge in [-0.25, -0.2) is 4.98 Å². The molecular formula is C81H74N6. The molecule has 6 aromatic heterocycles. The molecular weight excluding hydrogens is 1060 g/mol. The maximum Gasteiger partial charge on any atom is 0.165 e. The Hall–Kier alpha value is -9.52. The number of aromatic nitrogens is 6. The number of fused-ring (bicyclic) bond motifs is 12. The molecule has 0 aliphatic rings. The largest absolute Gasteiger partial charge is 0.305 e. The summed E-state index contributed by atoms with van der Waals surface area (Å²) < 4.78 is 10.1. The Morgan fingerprint density at radius 3 is 0.908 bits per heavy atom. The zero-order chi connectivity index (χ0) is 60.2. The number of hydrogen-bond donors (Lipinski definition) is 0. The second-order valence-corrected chi connectivity index (χ2v) is 28.4. The van der Waals surface area contributed by atoms with Gasteiger partial charge in [0.15, 0.2) is 11.6 Å². The lowest BCUT2D eigenvalue weighted by Crippen LogP contribution is -2.16. The predicted molar refractivity (Wildman–Crippen MR) is 370 cm³/mol. The number of aryl methyl sites for hydroxylation is 1. The summed E-state index contributed by atoms with van der Waals surface area (Å²) in [5.74, 6) is 1.61. The van der Waals surface area contributed by atoms with Crippen LogP contribution >= 0.6 is 0 Å². The molecule has 15 aromatic rings. The van der Waals surface area contributed by atoms with E-state index in [4.69, 9.17) is 9.97 Å². The quantitative estimate of drug-likeness (QED) is 0.167. The van der Waals surface area contributed by atoms with Crippen LogP contribution in [0.5, 0.6) is 0 Å². The first-order chi connectivity index (χ1) is 41.6. The van der Waals surface area contributed by atoms with Gasteiger partial charge in [0.2, 0.25) is 0 Å². The highest BCUT2D eigenvalue weighted by Gasteiger charge is 2.35. The Kier molecular flexibility index (Phi) is 12.0. The minimum atomic E-state index is -0.0991. The highest BCUT2D eigenvalue weighted by molar-refractivity contribution is 6.16. The number of nitrogens with zero attached hydrogens (tertiary/aromatic N) is 6. The van der Waals surface area contributed by atoms with Crippen molar-refractivity contribution in [1.29, 1.82) is 0 Å². The van der Waals surface area contributed by atoms with Gasteiger partial charge in [-0.05, 0) is 141 Å². The van der Waals surface area contributed by atoms with Gasteiger partial charge in [0.1, 0.15) is 11.4 Å². The molecule has 428 valence electrons.